The lowest BCUT2D eigenvalue weighted by Gasteiger charge is -2.29. The predicted octanol–water partition coefficient (Wildman–Crippen LogP) is 16.5. The van der Waals surface area contributed by atoms with E-state index in [2.05, 4.69) is 229 Å². The zero-order valence-corrected chi connectivity index (χ0v) is 32.9. The molecule has 0 saturated heterocycles. The van der Waals surface area contributed by atoms with Crippen molar-refractivity contribution < 1.29 is 4.42 Å². The molecule has 0 radical (unpaired) electrons. The van der Waals surface area contributed by atoms with Crippen molar-refractivity contribution in [3.8, 4) is 55.6 Å². The van der Waals surface area contributed by atoms with Crippen molar-refractivity contribution in [2.75, 3.05) is 4.90 Å². The highest BCUT2D eigenvalue weighted by molar-refractivity contribution is 6.10. The zero-order valence-electron chi connectivity index (χ0n) is 32.9. The Labute approximate surface area is 349 Å². The Morgan fingerprint density at radius 1 is 0.267 bits per heavy atom. The maximum atomic E-state index is 6.46. The highest BCUT2D eigenvalue weighted by atomic mass is 16.3. The number of fused-ring (bicyclic) bond motifs is 4. The van der Waals surface area contributed by atoms with E-state index >= 15 is 0 Å². The second-order valence-electron chi connectivity index (χ2n) is 15.2. The van der Waals surface area contributed by atoms with Crippen LogP contribution in [0.15, 0.2) is 241 Å². The van der Waals surface area contributed by atoms with Crippen LogP contribution in [0.5, 0.6) is 0 Å². The third-order valence-corrected chi connectivity index (χ3v) is 11.7. The second kappa shape index (κ2) is 15.1. The second-order valence-corrected chi connectivity index (χ2v) is 15.2. The highest BCUT2D eigenvalue weighted by Gasteiger charge is 2.21. The number of furan rings is 1. The van der Waals surface area contributed by atoms with E-state index in [1.165, 1.54) is 49.7 Å². The van der Waals surface area contributed by atoms with Crippen LogP contribution in [0.2, 0.25) is 0 Å². The summed E-state index contributed by atoms with van der Waals surface area (Å²) in [6, 6.07) is 84.9. The van der Waals surface area contributed by atoms with Crippen LogP contribution in [0.1, 0.15) is 0 Å². The minimum Gasteiger partial charge on any atom is -0.455 e. The molecule has 11 aromatic rings. The van der Waals surface area contributed by atoms with Gasteiger partial charge in [0.05, 0.1) is 5.69 Å². The number of rotatable bonds is 8. The van der Waals surface area contributed by atoms with Gasteiger partial charge in [-0.15, -0.1) is 0 Å². The molecular weight excluding hydrogens is 727 g/mol. The van der Waals surface area contributed by atoms with Gasteiger partial charge in [0.25, 0.3) is 0 Å². The molecule has 0 saturated carbocycles. The van der Waals surface area contributed by atoms with E-state index in [0.717, 1.165) is 55.7 Å². The standard InChI is InChI=1S/C58H39NO/c1-2-16-40(17-3-1)41-32-36-44(37-33-41)59(45-38-34-43(35-39-45)47-27-15-29-55-54-26-11-13-31-57(54)60-58(47)55)56-30-12-10-25-53(56)52-24-9-8-23-51(52)50-22-7-6-21-49(50)48-28-14-19-42-18-4-5-20-46(42)48/h1-39H. The minimum absolute atomic E-state index is 0.901. The summed E-state index contributed by atoms with van der Waals surface area (Å²) in [5.74, 6) is 0. The molecule has 0 fully saturated rings. The molecule has 10 aromatic carbocycles. The summed E-state index contributed by atoms with van der Waals surface area (Å²) in [7, 11) is 0. The number of hydrogen-bond donors (Lipinski definition) is 0. The summed E-state index contributed by atoms with van der Waals surface area (Å²) in [5, 5.41) is 4.74. The first-order chi connectivity index (χ1) is 29.8. The van der Waals surface area contributed by atoms with Crippen LogP contribution in [-0.4, -0.2) is 0 Å². The smallest absolute Gasteiger partial charge is 0.143 e. The molecule has 1 heterocycles. The fourth-order valence-electron chi connectivity index (χ4n) is 8.89. The summed E-state index contributed by atoms with van der Waals surface area (Å²) in [5.41, 5.74) is 16.7. The summed E-state index contributed by atoms with van der Waals surface area (Å²) in [4.78, 5) is 2.39. The van der Waals surface area contributed by atoms with Gasteiger partial charge in [-0.25, -0.2) is 0 Å². The largest absolute Gasteiger partial charge is 0.455 e. The van der Waals surface area contributed by atoms with Gasteiger partial charge in [0.15, 0.2) is 0 Å². The molecular formula is C58H39NO. The van der Waals surface area contributed by atoms with Crippen LogP contribution < -0.4 is 4.90 Å². The maximum Gasteiger partial charge on any atom is 0.143 e. The molecule has 1 aromatic heterocycles. The van der Waals surface area contributed by atoms with Gasteiger partial charge in [-0.3, -0.25) is 0 Å². The predicted molar refractivity (Wildman–Crippen MR) is 253 cm³/mol. The van der Waals surface area contributed by atoms with E-state index in [1.54, 1.807) is 0 Å². The number of hydrogen-bond acceptors (Lipinski definition) is 2. The van der Waals surface area contributed by atoms with E-state index < -0.39 is 0 Å². The first kappa shape index (κ1) is 35.2. The molecule has 2 heteroatoms. The Morgan fingerprint density at radius 2 is 0.717 bits per heavy atom. The third-order valence-electron chi connectivity index (χ3n) is 11.7. The molecule has 0 atom stereocenters. The molecule has 0 aliphatic rings. The van der Waals surface area contributed by atoms with Gasteiger partial charge >= 0.3 is 0 Å². The molecule has 60 heavy (non-hydrogen) atoms. The van der Waals surface area contributed by atoms with Crippen LogP contribution in [0.4, 0.5) is 17.1 Å². The normalized spacial score (nSPS) is 11.3. The quantitative estimate of drug-likeness (QED) is 0.153. The molecule has 0 unspecified atom stereocenters. The van der Waals surface area contributed by atoms with Crippen molar-refractivity contribution in [3.63, 3.8) is 0 Å². The van der Waals surface area contributed by atoms with Gasteiger partial charge in [0.1, 0.15) is 11.2 Å². The summed E-state index contributed by atoms with van der Waals surface area (Å²) in [6.45, 7) is 0. The van der Waals surface area contributed by atoms with Crippen molar-refractivity contribution in [1.82, 2.24) is 0 Å². The molecule has 0 bridgehead atoms. The molecule has 0 N–H and O–H groups in total. The van der Waals surface area contributed by atoms with Crippen molar-refractivity contribution in [1.29, 1.82) is 0 Å². The summed E-state index contributed by atoms with van der Waals surface area (Å²) in [6.07, 6.45) is 0. The average molecular weight is 766 g/mol. The molecule has 0 aliphatic carbocycles. The Bertz CT molecular complexity index is 3300. The Balaban J connectivity index is 1.07. The Hall–Kier alpha value is -7.94. The lowest BCUT2D eigenvalue weighted by atomic mass is 9.87. The van der Waals surface area contributed by atoms with Crippen molar-refractivity contribution in [2.24, 2.45) is 0 Å². The highest BCUT2D eigenvalue weighted by Crippen LogP contribution is 2.46. The van der Waals surface area contributed by atoms with Crippen molar-refractivity contribution in [3.05, 3.63) is 237 Å². The molecule has 0 spiro atoms. The molecule has 0 amide bonds. The molecule has 0 aliphatic heterocycles. The van der Waals surface area contributed by atoms with Gasteiger partial charge < -0.3 is 9.32 Å². The monoisotopic (exact) mass is 765 g/mol. The number of benzene rings is 10. The topological polar surface area (TPSA) is 16.4 Å². The van der Waals surface area contributed by atoms with Crippen molar-refractivity contribution in [2.45, 2.75) is 0 Å². The summed E-state index contributed by atoms with van der Waals surface area (Å²) >= 11 is 0. The van der Waals surface area contributed by atoms with Crippen LogP contribution in [0, 0.1) is 0 Å². The minimum atomic E-state index is 0.901. The maximum absolute atomic E-state index is 6.46. The van der Waals surface area contributed by atoms with Gasteiger partial charge in [0.2, 0.25) is 0 Å². The van der Waals surface area contributed by atoms with Gasteiger partial charge in [0, 0.05) is 33.3 Å². The Morgan fingerprint density at radius 3 is 1.43 bits per heavy atom. The van der Waals surface area contributed by atoms with E-state index in [-0.39, 0.29) is 0 Å². The number of para-hydroxylation sites is 3. The average Bonchev–Trinajstić information content (AvgIpc) is 3.72. The van der Waals surface area contributed by atoms with Crippen molar-refractivity contribution >= 4 is 49.8 Å². The zero-order chi connectivity index (χ0) is 39.8. The fourth-order valence-corrected chi connectivity index (χ4v) is 8.89. The van der Waals surface area contributed by atoms with Crippen LogP contribution in [0.3, 0.4) is 0 Å². The number of nitrogens with zero attached hydrogens (tertiary/aromatic N) is 1. The van der Waals surface area contributed by atoms with Crippen LogP contribution in [0.25, 0.3) is 88.3 Å². The lowest BCUT2D eigenvalue weighted by Crippen LogP contribution is -2.11. The van der Waals surface area contributed by atoms with Gasteiger partial charge in [-0.2, -0.15) is 0 Å². The SMILES string of the molecule is c1ccc(-c2ccc(N(c3ccc(-c4cccc5c4oc4ccccc45)cc3)c3ccccc3-c3ccccc3-c3ccccc3-c3cccc4ccccc34)cc2)cc1. The third kappa shape index (κ3) is 6.23. The van der Waals surface area contributed by atoms with E-state index in [0.29, 0.717) is 0 Å². The fraction of sp³-hybridized carbons (Fsp3) is 0. The van der Waals surface area contributed by atoms with Crippen LogP contribution in [-0.2, 0) is 0 Å². The molecule has 11 rings (SSSR count). The van der Waals surface area contributed by atoms with E-state index in [1.807, 2.05) is 12.1 Å². The van der Waals surface area contributed by atoms with E-state index in [9.17, 15) is 0 Å². The summed E-state index contributed by atoms with van der Waals surface area (Å²) < 4.78 is 6.46. The molecule has 2 nitrogen and oxygen atoms in total. The van der Waals surface area contributed by atoms with E-state index in [4.69, 9.17) is 4.42 Å². The number of anilines is 3. The molecule has 282 valence electrons. The first-order valence-electron chi connectivity index (χ1n) is 20.5. The lowest BCUT2D eigenvalue weighted by molar-refractivity contribution is 0.670. The van der Waals surface area contributed by atoms with Gasteiger partial charge in [-0.1, -0.05) is 200 Å². The van der Waals surface area contributed by atoms with Gasteiger partial charge in [-0.05, 0) is 91.7 Å². The van der Waals surface area contributed by atoms with Crippen LogP contribution >= 0.6 is 0 Å². The Kier molecular flexibility index (Phi) is 8.87. The first-order valence-corrected chi connectivity index (χ1v) is 20.5.